The molecular formula is C15H21NO5. The quantitative estimate of drug-likeness (QED) is 0.746. The van der Waals surface area contributed by atoms with Crippen LogP contribution in [0.2, 0.25) is 0 Å². The summed E-state index contributed by atoms with van der Waals surface area (Å²) < 4.78 is 10.5. The lowest BCUT2D eigenvalue weighted by Gasteiger charge is -2.25. The molecule has 0 aliphatic carbocycles. The van der Waals surface area contributed by atoms with Crippen LogP contribution in [0.5, 0.6) is 5.75 Å². The number of rotatable bonds is 7. The Labute approximate surface area is 124 Å². The third-order valence-electron chi connectivity index (χ3n) is 3.29. The van der Waals surface area contributed by atoms with Crippen molar-refractivity contribution in [3.8, 4) is 5.75 Å². The van der Waals surface area contributed by atoms with E-state index in [0.717, 1.165) is 11.3 Å². The summed E-state index contributed by atoms with van der Waals surface area (Å²) in [4.78, 5) is 22.6. The lowest BCUT2D eigenvalue weighted by Crippen LogP contribution is -2.42. The third-order valence-corrected chi connectivity index (χ3v) is 3.29. The number of carbonyl (C=O) groups is 2. The fourth-order valence-electron chi connectivity index (χ4n) is 1.96. The van der Waals surface area contributed by atoms with Gasteiger partial charge in [-0.1, -0.05) is 12.1 Å². The molecule has 21 heavy (non-hydrogen) atoms. The number of hydrogen-bond acceptors (Lipinski definition) is 4. The van der Waals surface area contributed by atoms with Gasteiger partial charge in [0.15, 0.2) is 0 Å². The predicted octanol–water partition coefficient (Wildman–Crippen LogP) is 1.61. The molecule has 1 aromatic carbocycles. The summed E-state index contributed by atoms with van der Waals surface area (Å²) in [5.41, 5.74) is 0.870. The minimum Gasteiger partial charge on any atom is -0.497 e. The van der Waals surface area contributed by atoms with E-state index < -0.39 is 17.8 Å². The van der Waals surface area contributed by atoms with Crippen LogP contribution in [0.3, 0.4) is 0 Å². The van der Waals surface area contributed by atoms with E-state index in [0.29, 0.717) is 0 Å². The molecule has 116 valence electrons. The fourth-order valence-corrected chi connectivity index (χ4v) is 1.96. The van der Waals surface area contributed by atoms with Crippen LogP contribution in [0.4, 0.5) is 0 Å². The number of aliphatic carboxylic acids is 1. The largest absolute Gasteiger partial charge is 0.497 e. The maximum Gasteiger partial charge on any atom is 0.315 e. The molecular weight excluding hydrogens is 274 g/mol. The molecule has 0 aromatic heterocycles. The Morgan fingerprint density at radius 2 is 1.71 bits per heavy atom. The summed E-state index contributed by atoms with van der Waals surface area (Å²) in [6.07, 6.45) is -0.374. The van der Waals surface area contributed by atoms with E-state index in [1.807, 2.05) is 12.1 Å². The number of carbonyl (C=O) groups excluding carboxylic acids is 1. The van der Waals surface area contributed by atoms with Crippen molar-refractivity contribution in [3.63, 3.8) is 0 Å². The van der Waals surface area contributed by atoms with Crippen LogP contribution >= 0.6 is 0 Å². The van der Waals surface area contributed by atoms with Crippen molar-refractivity contribution in [1.82, 2.24) is 5.32 Å². The van der Waals surface area contributed by atoms with E-state index in [2.05, 4.69) is 5.32 Å². The van der Waals surface area contributed by atoms with E-state index in [1.54, 1.807) is 26.2 Å². The zero-order valence-electron chi connectivity index (χ0n) is 12.6. The van der Waals surface area contributed by atoms with E-state index in [4.69, 9.17) is 14.6 Å². The number of benzene rings is 1. The van der Waals surface area contributed by atoms with Gasteiger partial charge in [-0.2, -0.15) is 0 Å². The lowest BCUT2D eigenvalue weighted by molar-refractivity contribution is -0.146. The first-order chi connectivity index (χ1) is 9.90. The number of methoxy groups -OCH3 is 2. The molecule has 0 bridgehead atoms. The summed E-state index contributed by atoms with van der Waals surface area (Å²) in [7, 11) is 3.12. The SMILES string of the molecule is COc1ccc(C(OC)C(C)NC(=O)C(C)C(=O)O)cc1. The van der Waals surface area contributed by atoms with Crippen molar-refractivity contribution in [2.24, 2.45) is 5.92 Å². The predicted molar refractivity (Wildman–Crippen MR) is 77.1 cm³/mol. The summed E-state index contributed by atoms with van der Waals surface area (Å²) in [5, 5.41) is 11.5. The van der Waals surface area contributed by atoms with Crippen LogP contribution < -0.4 is 10.1 Å². The maximum atomic E-state index is 11.8. The number of ether oxygens (including phenoxy) is 2. The Balaban J connectivity index is 2.78. The highest BCUT2D eigenvalue weighted by Crippen LogP contribution is 2.23. The van der Waals surface area contributed by atoms with Crippen LogP contribution in [-0.2, 0) is 14.3 Å². The highest BCUT2D eigenvalue weighted by Gasteiger charge is 2.26. The Morgan fingerprint density at radius 1 is 1.14 bits per heavy atom. The molecule has 3 atom stereocenters. The van der Waals surface area contributed by atoms with Crippen LogP contribution in [0.15, 0.2) is 24.3 Å². The number of nitrogens with one attached hydrogen (secondary N) is 1. The van der Waals surface area contributed by atoms with Crippen LogP contribution in [0, 0.1) is 5.92 Å². The third kappa shape index (κ3) is 4.46. The van der Waals surface area contributed by atoms with Gasteiger partial charge in [0.2, 0.25) is 5.91 Å². The van der Waals surface area contributed by atoms with Crippen molar-refractivity contribution >= 4 is 11.9 Å². The minimum absolute atomic E-state index is 0.363. The van der Waals surface area contributed by atoms with Crippen molar-refractivity contribution in [1.29, 1.82) is 0 Å². The molecule has 3 unspecified atom stereocenters. The molecule has 1 amide bonds. The topological polar surface area (TPSA) is 84.9 Å². The molecule has 0 saturated heterocycles. The molecule has 0 saturated carbocycles. The fraction of sp³-hybridized carbons (Fsp3) is 0.467. The van der Waals surface area contributed by atoms with Gasteiger partial charge in [-0.05, 0) is 31.5 Å². The lowest BCUT2D eigenvalue weighted by atomic mass is 10.0. The van der Waals surface area contributed by atoms with E-state index >= 15 is 0 Å². The van der Waals surface area contributed by atoms with E-state index in [9.17, 15) is 9.59 Å². The van der Waals surface area contributed by atoms with Crippen molar-refractivity contribution in [2.75, 3.05) is 14.2 Å². The highest BCUT2D eigenvalue weighted by molar-refractivity contribution is 5.96. The molecule has 0 fully saturated rings. The molecule has 0 aliphatic rings. The average molecular weight is 295 g/mol. The first-order valence-electron chi connectivity index (χ1n) is 6.60. The number of amides is 1. The van der Waals surface area contributed by atoms with Crippen molar-refractivity contribution in [3.05, 3.63) is 29.8 Å². The first-order valence-corrected chi connectivity index (χ1v) is 6.60. The second-order valence-electron chi connectivity index (χ2n) is 4.79. The van der Waals surface area contributed by atoms with Gasteiger partial charge in [-0.3, -0.25) is 9.59 Å². The maximum absolute atomic E-state index is 11.8. The summed E-state index contributed by atoms with van der Waals surface area (Å²) in [6, 6.07) is 6.93. The van der Waals surface area contributed by atoms with Gasteiger partial charge in [-0.25, -0.2) is 0 Å². The summed E-state index contributed by atoms with van der Waals surface area (Å²) >= 11 is 0. The molecule has 6 heteroatoms. The van der Waals surface area contributed by atoms with Crippen LogP contribution in [-0.4, -0.2) is 37.2 Å². The molecule has 0 aliphatic heterocycles. The Kier molecular flexibility index (Phi) is 6.17. The van der Waals surface area contributed by atoms with Crippen molar-refractivity contribution < 1.29 is 24.2 Å². The van der Waals surface area contributed by atoms with Gasteiger partial charge >= 0.3 is 5.97 Å². The number of carboxylic acids is 1. The molecule has 1 rings (SSSR count). The first kappa shape index (κ1) is 17.0. The summed E-state index contributed by atoms with van der Waals surface area (Å²) in [5.74, 6) is -2.06. The van der Waals surface area contributed by atoms with Crippen molar-refractivity contribution in [2.45, 2.75) is 26.0 Å². The number of hydrogen-bond donors (Lipinski definition) is 2. The van der Waals surface area contributed by atoms with Gasteiger partial charge in [0.25, 0.3) is 0 Å². The molecule has 0 radical (unpaired) electrons. The Morgan fingerprint density at radius 3 is 2.14 bits per heavy atom. The Hall–Kier alpha value is -2.08. The molecule has 2 N–H and O–H groups in total. The van der Waals surface area contributed by atoms with Gasteiger partial charge in [0.1, 0.15) is 17.8 Å². The zero-order valence-corrected chi connectivity index (χ0v) is 12.6. The standard InChI is InChI=1S/C15H21NO5/c1-9(15(18)19)14(17)16-10(2)13(21-4)11-5-7-12(20-3)8-6-11/h5-10,13H,1-4H3,(H,16,17)(H,18,19). The minimum atomic E-state index is -1.15. The Bertz CT molecular complexity index is 485. The van der Waals surface area contributed by atoms with Gasteiger partial charge in [-0.15, -0.1) is 0 Å². The van der Waals surface area contributed by atoms with Gasteiger partial charge in [0, 0.05) is 7.11 Å². The normalized spacial score (nSPS) is 14.9. The monoisotopic (exact) mass is 295 g/mol. The van der Waals surface area contributed by atoms with E-state index in [-0.39, 0.29) is 12.1 Å². The average Bonchev–Trinajstić information content (AvgIpc) is 2.47. The zero-order chi connectivity index (χ0) is 16.0. The van der Waals surface area contributed by atoms with Crippen LogP contribution in [0.1, 0.15) is 25.5 Å². The molecule has 1 aromatic rings. The second-order valence-corrected chi connectivity index (χ2v) is 4.79. The molecule has 0 heterocycles. The number of carboxylic acid groups (broad SMARTS) is 1. The molecule has 0 spiro atoms. The highest BCUT2D eigenvalue weighted by atomic mass is 16.5. The van der Waals surface area contributed by atoms with E-state index in [1.165, 1.54) is 14.0 Å². The second kappa shape index (κ2) is 7.64. The van der Waals surface area contributed by atoms with Gasteiger partial charge in [0.05, 0.1) is 13.2 Å². The summed E-state index contributed by atoms with van der Waals surface area (Å²) in [6.45, 7) is 3.12. The van der Waals surface area contributed by atoms with Gasteiger partial charge < -0.3 is 19.9 Å². The smallest absolute Gasteiger partial charge is 0.315 e. The van der Waals surface area contributed by atoms with Crippen LogP contribution in [0.25, 0.3) is 0 Å². The molecule has 6 nitrogen and oxygen atoms in total.